The topological polar surface area (TPSA) is 0 Å². The van der Waals surface area contributed by atoms with Crippen LogP contribution < -0.4 is 0 Å². The van der Waals surface area contributed by atoms with Crippen LogP contribution >= 0.6 is 15.9 Å². The molecular weight excluding hydrogens is 272 g/mol. The third-order valence-electron chi connectivity index (χ3n) is 2.55. The third kappa shape index (κ3) is 5.18. The Morgan fingerprint density at radius 2 is 1.06 bits per heavy atom. The van der Waals surface area contributed by atoms with Crippen LogP contribution in [0.5, 0.6) is 0 Å². The summed E-state index contributed by atoms with van der Waals surface area (Å²) in [5.74, 6) is 0. The van der Waals surface area contributed by atoms with E-state index in [1.54, 1.807) is 0 Å². The molecule has 0 heterocycles. The molecule has 2 aromatic rings. The minimum absolute atomic E-state index is 1.20. The number of halogens is 1. The highest BCUT2D eigenvalue weighted by Gasteiger charge is 1.90. The van der Waals surface area contributed by atoms with Crippen LogP contribution in [0.2, 0.25) is 0 Å². The maximum Gasteiger partial charge on any atom is 0.0207 e. The van der Waals surface area contributed by atoms with Gasteiger partial charge in [-0.1, -0.05) is 63.5 Å². The van der Waals surface area contributed by atoms with E-state index in [0.717, 1.165) is 0 Å². The van der Waals surface area contributed by atoms with E-state index in [0.29, 0.717) is 0 Å². The zero-order chi connectivity index (χ0) is 12.8. The number of rotatable bonds is 0. The van der Waals surface area contributed by atoms with E-state index < -0.39 is 0 Å². The minimum Gasteiger partial charge on any atom is -0.0591 e. The molecule has 0 saturated heterocycles. The summed E-state index contributed by atoms with van der Waals surface area (Å²) in [6.45, 7) is 8.37. The Hall–Kier alpha value is -1.08. The molecule has 0 unspecified atom stereocenters. The molecule has 0 fully saturated rings. The summed E-state index contributed by atoms with van der Waals surface area (Å²) in [7, 11) is 0. The van der Waals surface area contributed by atoms with Crippen LogP contribution in [0.3, 0.4) is 0 Å². The van der Waals surface area contributed by atoms with Crippen LogP contribution in [0.25, 0.3) is 0 Å². The monoisotopic (exact) mass is 290 g/mol. The fraction of sp³-hybridized carbons (Fsp3) is 0.250. The van der Waals surface area contributed by atoms with E-state index in [-0.39, 0.29) is 0 Å². The lowest BCUT2D eigenvalue weighted by Crippen LogP contribution is -1.75. The van der Waals surface area contributed by atoms with Gasteiger partial charge < -0.3 is 0 Å². The second-order valence-electron chi connectivity index (χ2n) is 4.41. The van der Waals surface area contributed by atoms with Gasteiger partial charge in [0.15, 0.2) is 0 Å². The second-order valence-corrected chi connectivity index (χ2v) is 5.26. The van der Waals surface area contributed by atoms with Gasteiger partial charge in [-0.25, -0.2) is 0 Å². The van der Waals surface area contributed by atoms with E-state index in [2.05, 4.69) is 86.1 Å². The second kappa shape index (κ2) is 6.61. The van der Waals surface area contributed by atoms with Crippen LogP contribution in [0.4, 0.5) is 0 Å². The van der Waals surface area contributed by atoms with Crippen LogP contribution in [-0.2, 0) is 0 Å². The standard InChI is InChI=1S/C8H9Br.C8H10/c1-6-3-4-7(2)8(9)5-6;1-7-3-5-8(2)6-4-7/h3-5H,1-2H3;3-6H,1-2H3. The number of aryl methyl sites for hydroxylation is 4. The Balaban J connectivity index is 0.000000171. The lowest BCUT2D eigenvalue weighted by Gasteiger charge is -1.96. The first-order valence-electron chi connectivity index (χ1n) is 5.75. The Morgan fingerprint density at radius 1 is 0.647 bits per heavy atom. The Morgan fingerprint density at radius 3 is 1.41 bits per heavy atom. The zero-order valence-corrected chi connectivity index (χ0v) is 12.5. The quantitative estimate of drug-likeness (QED) is 0.612. The highest BCUT2D eigenvalue weighted by molar-refractivity contribution is 9.10. The normalized spacial score (nSPS) is 9.47. The highest BCUT2D eigenvalue weighted by atomic mass is 79.9. The molecular formula is C16H19Br. The van der Waals surface area contributed by atoms with E-state index in [1.807, 2.05) is 0 Å². The molecule has 2 aromatic carbocycles. The molecule has 0 aliphatic carbocycles. The van der Waals surface area contributed by atoms with Crippen molar-refractivity contribution in [3.63, 3.8) is 0 Å². The van der Waals surface area contributed by atoms with Gasteiger partial charge in [0.25, 0.3) is 0 Å². The van der Waals surface area contributed by atoms with E-state index in [4.69, 9.17) is 0 Å². The molecule has 2 rings (SSSR count). The van der Waals surface area contributed by atoms with Gasteiger partial charge in [0.05, 0.1) is 0 Å². The predicted octanol–water partition coefficient (Wildman–Crippen LogP) is 5.37. The van der Waals surface area contributed by atoms with Gasteiger partial charge in [-0.3, -0.25) is 0 Å². The van der Waals surface area contributed by atoms with Gasteiger partial charge >= 0.3 is 0 Å². The Kier molecular flexibility index (Phi) is 5.43. The number of hydrogen-bond acceptors (Lipinski definition) is 0. The van der Waals surface area contributed by atoms with Crippen molar-refractivity contribution in [2.75, 3.05) is 0 Å². The van der Waals surface area contributed by atoms with Gasteiger partial charge in [0.2, 0.25) is 0 Å². The SMILES string of the molecule is Cc1ccc(C)c(Br)c1.Cc1ccc(C)cc1. The van der Waals surface area contributed by atoms with Gasteiger partial charge in [0, 0.05) is 4.47 Å². The molecule has 17 heavy (non-hydrogen) atoms. The van der Waals surface area contributed by atoms with E-state index >= 15 is 0 Å². The van der Waals surface area contributed by atoms with Gasteiger partial charge in [-0.05, 0) is 44.9 Å². The van der Waals surface area contributed by atoms with Crippen molar-refractivity contribution in [2.24, 2.45) is 0 Å². The molecule has 0 aromatic heterocycles. The zero-order valence-electron chi connectivity index (χ0n) is 10.9. The first kappa shape index (κ1) is 14.0. The summed E-state index contributed by atoms with van der Waals surface area (Å²) in [6.07, 6.45) is 0. The van der Waals surface area contributed by atoms with Gasteiger partial charge in [0.1, 0.15) is 0 Å². The lowest BCUT2D eigenvalue weighted by molar-refractivity contribution is 1.37. The van der Waals surface area contributed by atoms with Crippen LogP contribution in [0, 0.1) is 27.7 Å². The summed E-state index contributed by atoms with van der Waals surface area (Å²) < 4.78 is 1.20. The van der Waals surface area contributed by atoms with Crippen molar-refractivity contribution in [2.45, 2.75) is 27.7 Å². The summed E-state index contributed by atoms with van der Waals surface area (Å²) in [5.41, 5.74) is 5.25. The van der Waals surface area contributed by atoms with Crippen molar-refractivity contribution in [1.82, 2.24) is 0 Å². The fourth-order valence-corrected chi connectivity index (χ4v) is 1.83. The summed E-state index contributed by atoms with van der Waals surface area (Å²) in [5, 5.41) is 0. The first-order valence-corrected chi connectivity index (χ1v) is 6.54. The largest absolute Gasteiger partial charge is 0.0591 e. The van der Waals surface area contributed by atoms with Crippen LogP contribution in [-0.4, -0.2) is 0 Å². The van der Waals surface area contributed by atoms with Gasteiger partial charge in [-0.15, -0.1) is 0 Å². The van der Waals surface area contributed by atoms with Gasteiger partial charge in [-0.2, -0.15) is 0 Å². The molecule has 0 saturated carbocycles. The summed E-state index contributed by atoms with van der Waals surface area (Å²) in [4.78, 5) is 0. The molecule has 0 nitrogen and oxygen atoms in total. The van der Waals surface area contributed by atoms with Crippen LogP contribution in [0.1, 0.15) is 22.3 Å². The van der Waals surface area contributed by atoms with Crippen molar-refractivity contribution < 1.29 is 0 Å². The smallest absolute Gasteiger partial charge is 0.0207 e. The fourth-order valence-electron chi connectivity index (χ4n) is 1.33. The molecule has 0 amide bonds. The van der Waals surface area contributed by atoms with E-state index in [9.17, 15) is 0 Å². The summed E-state index contributed by atoms with van der Waals surface area (Å²) >= 11 is 3.45. The maximum absolute atomic E-state index is 3.45. The predicted molar refractivity (Wildman–Crippen MR) is 79.5 cm³/mol. The van der Waals surface area contributed by atoms with Crippen LogP contribution in [0.15, 0.2) is 46.9 Å². The molecule has 0 N–H and O–H groups in total. The van der Waals surface area contributed by atoms with Crippen molar-refractivity contribution in [3.05, 3.63) is 69.2 Å². The molecule has 0 aliphatic rings. The molecule has 1 heteroatoms. The molecule has 90 valence electrons. The molecule has 0 bridgehead atoms. The minimum atomic E-state index is 1.20. The van der Waals surface area contributed by atoms with E-state index in [1.165, 1.54) is 26.7 Å². The molecule has 0 spiro atoms. The van der Waals surface area contributed by atoms with Crippen molar-refractivity contribution in [1.29, 1.82) is 0 Å². The average molecular weight is 291 g/mol. The lowest BCUT2D eigenvalue weighted by atomic mass is 10.2. The Bertz CT molecular complexity index is 448. The number of benzene rings is 2. The average Bonchev–Trinajstić information content (AvgIpc) is 2.29. The summed E-state index contributed by atoms with van der Waals surface area (Å²) in [6, 6.07) is 14.8. The number of hydrogen-bond donors (Lipinski definition) is 0. The van der Waals surface area contributed by atoms with Crippen molar-refractivity contribution in [3.8, 4) is 0 Å². The van der Waals surface area contributed by atoms with Crippen molar-refractivity contribution >= 4 is 15.9 Å². The first-order chi connectivity index (χ1) is 7.99. The molecule has 0 atom stereocenters. The third-order valence-corrected chi connectivity index (χ3v) is 3.40. The highest BCUT2D eigenvalue weighted by Crippen LogP contribution is 2.16. The molecule has 0 radical (unpaired) electrons. The maximum atomic E-state index is 3.45. The Labute approximate surface area is 113 Å². The molecule has 0 aliphatic heterocycles.